The lowest BCUT2D eigenvalue weighted by Gasteiger charge is -2.35. The fraction of sp³-hybridized carbons (Fsp3) is 0.286. The van der Waals surface area contributed by atoms with Crippen LogP contribution in [-0.4, -0.2) is 74.8 Å². The number of carbonyl (C=O) groups is 2. The molecule has 41 heavy (non-hydrogen) atoms. The van der Waals surface area contributed by atoms with Gasteiger partial charge in [-0.2, -0.15) is 8.78 Å². The number of nitrogens with one attached hydrogen (secondary N) is 1. The largest absolute Gasteiger partial charge is 0.435 e. The molecule has 4 aromatic rings. The summed E-state index contributed by atoms with van der Waals surface area (Å²) in [5.41, 5.74) is 9.92. The lowest BCUT2D eigenvalue weighted by atomic mass is 10.1. The van der Waals surface area contributed by atoms with Crippen LogP contribution in [0, 0.1) is 6.92 Å². The zero-order valence-electron chi connectivity index (χ0n) is 22.5. The summed E-state index contributed by atoms with van der Waals surface area (Å²) in [4.78, 5) is 37.7. The number of carbonyl (C=O) groups excluding carboxylic acids is 2. The van der Waals surface area contributed by atoms with Crippen molar-refractivity contribution in [2.45, 2.75) is 26.5 Å². The maximum absolute atomic E-state index is 13.2. The van der Waals surface area contributed by atoms with Crippen molar-refractivity contribution in [1.82, 2.24) is 24.2 Å². The first kappa shape index (κ1) is 29.7. The van der Waals surface area contributed by atoms with Gasteiger partial charge in [0.1, 0.15) is 5.75 Å². The van der Waals surface area contributed by atoms with Crippen molar-refractivity contribution in [2.24, 2.45) is 5.73 Å². The fourth-order valence-electron chi connectivity index (χ4n) is 4.73. The molecule has 0 saturated carbocycles. The number of piperazine rings is 1. The Kier molecular flexibility index (Phi) is 9.04. The van der Waals surface area contributed by atoms with Crippen LogP contribution in [0.15, 0.2) is 61.1 Å². The Balaban J connectivity index is 0.00000387. The molecule has 2 aromatic carbocycles. The van der Waals surface area contributed by atoms with Crippen LogP contribution in [0.2, 0.25) is 0 Å². The van der Waals surface area contributed by atoms with Gasteiger partial charge in [0.05, 0.1) is 17.9 Å². The van der Waals surface area contributed by atoms with Crippen LogP contribution in [-0.2, 0) is 4.79 Å². The average Bonchev–Trinajstić information content (AvgIpc) is 3.38. The molecule has 0 unspecified atom stereocenters. The second-order valence-corrected chi connectivity index (χ2v) is 9.58. The second-order valence-electron chi connectivity index (χ2n) is 9.58. The number of ether oxygens (including phenoxy) is 1. The van der Waals surface area contributed by atoms with Gasteiger partial charge in [-0.25, -0.2) is 9.97 Å². The van der Waals surface area contributed by atoms with Crippen molar-refractivity contribution in [1.29, 1.82) is 0 Å². The van der Waals surface area contributed by atoms with Crippen LogP contribution in [0.3, 0.4) is 0 Å². The molecule has 1 aliphatic rings. The topological polar surface area (TPSA) is 118 Å². The molecule has 0 aliphatic carbocycles. The SMILES string of the molecule is Cc1cc(Nc2nccn3c(-c4ccc(OC(F)F)cc4)cnc23)ccc1C(=O)N1CCN(C(=O)[C@H](C)N)CC1.Cl. The summed E-state index contributed by atoms with van der Waals surface area (Å²) in [7, 11) is 0. The van der Waals surface area contributed by atoms with E-state index in [0.29, 0.717) is 43.2 Å². The molecule has 1 atom stereocenters. The van der Waals surface area contributed by atoms with Crippen molar-refractivity contribution in [2.75, 3.05) is 31.5 Å². The monoisotopic (exact) mass is 585 g/mol. The van der Waals surface area contributed by atoms with E-state index in [1.165, 1.54) is 12.1 Å². The number of alkyl halides is 2. The van der Waals surface area contributed by atoms with Gasteiger partial charge in [0.15, 0.2) is 11.5 Å². The second kappa shape index (κ2) is 12.5. The summed E-state index contributed by atoms with van der Waals surface area (Å²) < 4.78 is 31.2. The van der Waals surface area contributed by atoms with Crippen molar-refractivity contribution in [3.8, 4) is 17.0 Å². The summed E-state index contributed by atoms with van der Waals surface area (Å²) >= 11 is 0. The molecular formula is C28H30ClF2N7O3. The molecule has 13 heteroatoms. The normalized spacial score (nSPS) is 14.1. The minimum absolute atomic E-state index is 0. The molecule has 2 amide bonds. The zero-order valence-corrected chi connectivity index (χ0v) is 23.3. The molecule has 0 radical (unpaired) electrons. The number of amides is 2. The average molecular weight is 586 g/mol. The van der Waals surface area contributed by atoms with E-state index >= 15 is 0 Å². The molecule has 0 spiro atoms. The van der Waals surface area contributed by atoms with E-state index in [1.54, 1.807) is 53.5 Å². The molecule has 2 aromatic heterocycles. The van der Waals surface area contributed by atoms with Gasteiger partial charge < -0.3 is 25.6 Å². The van der Waals surface area contributed by atoms with Gasteiger partial charge in [-0.15, -0.1) is 12.4 Å². The Hall–Kier alpha value is -4.29. The van der Waals surface area contributed by atoms with E-state index in [2.05, 4.69) is 20.0 Å². The highest BCUT2D eigenvalue weighted by Gasteiger charge is 2.27. The number of nitrogens with zero attached hydrogens (tertiary/aromatic N) is 5. The fourth-order valence-corrected chi connectivity index (χ4v) is 4.73. The number of rotatable bonds is 7. The first-order chi connectivity index (χ1) is 19.2. The number of halogens is 3. The van der Waals surface area contributed by atoms with E-state index in [-0.39, 0.29) is 30.0 Å². The number of aromatic nitrogens is 3. The first-order valence-electron chi connectivity index (χ1n) is 12.8. The Labute approximate surface area is 241 Å². The third kappa shape index (κ3) is 6.39. The zero-order chi connectivity index (χ0) is 28.4. The molecular weight excluding hydrogens is 556 g/mol. The van der Waals surface area contributed by atoms with Gasteiger partial charge in [-0.1, -0.05) is 0 Å². The summed E-state index contributed by atoms with van der Waals surface area (Å²) in [6.07, 6.45) is 5.08. The molecule has 3 N–H and O–H groups in total. The quantitative estimate of drug-likeness (QED) is 0.335. The van der Waals surface area contributed by atoms with Crippen LogP contribution in [0.25, 0.3) is 16.9 Å². The molecule has 3 heterocycles. The van der Waals surface area contributed by atoms with Crippen molar-refractivity contribution in [3.05, 3.63) is 72.2 Å². The number of fused-ring (bicyclic) bond motifs is 1. The van der Waals surface area contributed by atoms with Gasteiger partial charge >= 0.3 is 6.61 Å². The third-order valence-electron chi connectivity index (χ3n) is 6.79. The summed E-state index contributed by atoms with van der Waals surface area (Å²) in [6, 6.07) is 11.2. The molecule has 216 valence electrons. The molecule has 1 saturated heterocycles. The number of hydrogen-bond acceptors (Lipinski definition) is 7. The standard InChI is InChI=1S/C28H29F2N7O3.ClH/c1-17-15-20(5-8-22(17)27(39)36-13-11-35(12-14-36)26(38)18(2)31)34-24-25-33-16-23(37(25)10-9-32-24)19-3-6-21(7-4-19)40-28(29)30;/h3-10,15-16,18,28H,11-14,31H2,1-2H3,(H,32,34);1H/t18-;/m0./s1. The highest BCUT2D eigenvalue weighted by atomic mass is 35.5. The Morgan fingerprint density at radius 2 is 1.71 bits per heavy atom. The number of anilines is 2. The van der Waals surface area contributed by atoms with Crippen molar-refractivity contribution >= 4 is 41.4 Å². The third-order valence-corrected chi connectivity index (χ3v) is 6.79. The van der Waals surface area contributed by atoms with Gasteiger partial charge in [-0.3, -0.25) is 14.0 Å². The van der Waals surface area contributed by atoms with E-state index < -0.39 is 12.7 Å². The number of nitrogens with two attached hydrogens (primary N) is 1. The first-order valence-corrected chi connectivity index (χ1v) is 12.8. The molecule has 0 bridgehead atoms. The molecule has 1 fully saturated rings. The molecule has 10 nitrogen and oxygen atoms in total. The van der Waals surface area contributed by atoms with Gasteiger partial charge in [0.2, 0.25) is 5.91 Å². The van der Waals surface area contributed by atoms with E-state index in [0.717, 1.165) is 22.5 Å². The smallest absolute Gasteiger partial charge is 0.387 e. The number of hydrogen-bond donors (Lipinski definition) is 2. The van der Waals surface area contributed by atoms with E-state index in [9.17, 15) is 18.4 Å². The minimum atomic E-state index is -2.88. The Morgan fingerprint density at radius 1 is 1.02 bits per heavy atom. The van der Waals surface area contributed by atoms with Crippen LogP contribution in [0.1, 0.15) is 22.8 Å². The van der Waals surface area contributed by atoms with Crippen LogP contribution in [0.5, 0.6) is 5.75 Å². The lowest BCUT2D eigenvalue weighted by Crippen LogP contribution is -2.53. The Morgan fingerprint density at radius 3 is 2.34 bits per heavy atom. The minimum Gasteiger partial charge on any atom is -0.435 e. The highest BCUT2D eigenvalue weighted by molar-refractivity contribution is 5.96. The maximum atomic E-state index is 13.2. The number of benzene rings is 2. The predicted molar refractivity (Wildman–Crippen MR) is 153 cm³/mol. The number of imidazole rings is 1. The summed E-state index contributed by atoms with van der Waals surface area (Å²) in [5.74, 6) is 0.400. The predicted octanol–water partition coefficient (Wildman–Crippen LogP) is 4.10. The van der Waals surface area contributed by atoms with Crippen LogP contribution < -0.4 is 15.8 Å². The maximum Gasteiger partial charge on any atom is 0.387 e. The Bertz CT molecular complexity index is 1540. The molecule has 1 aliphatic heterocycles. The highest BCUT2D eigenvalue weighted by Crippen LogP contribution is 2.28. The number of aryl methyl sites for hydroxylation is 1. The van der Waals surface area contributed by atoms with Crippen LogP contribution >= 0.6 is 12.4 Å². The van der Waals surface area contributed by atoms with Gasteiger partial charge in [-0.05, 0) is 61.9 Å². The van der Waals surface area contributed by atoms with Crippen LogP contribution in [0.4, 0.5) is 20.3 Å². The summed E-state index contributed by atoms with van der Waals surface area (Å²) in [6.45, 7) is 2.47. The molecule has 5 rings (SSSR count). The van der Waals surface area contributed by atoms with Crippen molar-refractivity contribution < 1.29 is 23.1 Å². The summed E-state index contributed by atoms with van der Waals surface area (Å²) in [5, 5.41) is 3.28. The van der Waals surface area contributed by atoms with Crippen molar-refractivity contribution in [3.63, 3.8) is 0 Å². The van der Waals surface area contributed by atoms with E-state index in [4.69, 9.17) is 5.73 Å². The van der Waals surface area contributed by atoms with E-state index in [1.807, 2.05) is 23.5 Å². The lowest BCUT2D eigenvalue weighted by molar-refractivity contribution is -0.133. The van der Waals surface area contributed by atoms with Gasteiger partial charge in [0.25, 0.3) is 5.91 Å². The van der Waals surface area contributed by atoms with Gasteiger partial charge in [0, 0.05) is 55.4 Å².